The molecule has 0 spiro atoms. The standard InChI is InChI=1S/C22H28N4O4/c23-21-16(11-25-22(28)29)15(14-3-2-8-24-10-14)9-17(26-21)20-18(27)4-1-5-19(20)30-12-13-6-7-13/h1,4-5,9,13-14,24-25,27H,2-3,6-8,10-12H2,(H2,23,26)(H,28,29)/p-1. The highest BCUT2D eigenvalue weighted by molar-refractivity contribution is 5.76. The van der Waals surface area contributed by atoms with Crippen LogP contribution in [0.5, 0.6) is 11.5 Å². The van der Waals surface area contributed by atoms with Crippen LogP contribution in [0, 0.1) is 5.92 Å². The Morgan fingerprint density at radius 2 is 2.20 bits per heavy atom. The second-order valence-corrected chi connectivity index (χ2v) is 8.05. The van der Waals surface area contributed by atoms with Gasteiger partial charge in [-0.15, -0.1) is 0 Å². The van der Waals surface area contributed by atoms with Crippen LogP contribution in [0.2, 0.25) is 0 Å². The van der Waals surface area contributed by atoms with Crippen molar-refractivity contribution in [2.75, 3.05) is 25.4 Å². The number of piperidine rings is 1. The molecule has 1 amide bonds. The molecule has 8 nitrogen and oxygen atoms in total. The molecular weight excluding hydrogens is 384 g/mol. The van der Waals surface area contributed by atoms with E-state index in [1.165, 1.54) is 0 Å². The highest BCUT2D eigenvalue weighted by Crippen LogP contribution is 2.41. The summed E-state index contributed by atoms with van der Waals surface area (Å²) in [6.07, 6.45) is 2.95. The zero-order valence-corrected chi connectivity index (χ0v) is 16.8. The number of hydrogen-bond acceptors (Lipinski definition) is 7. The number of ether oxygens (including phenoxy) is 1. The molecule has 1 saturated heterocycles. The smallest absolute Gasteiger partial charge is 0.134 e. The van der Waals surface area contributed by atoms with Gasteiger partial charge in [0, 0.05) is 18.7 Å². The van der Waals surface area contributed by atoms with Crippen LogP contribution in [0.1, 0.15) is 42.7 Å². The molecular formula is C22H27N4O4-. The lowest BCUT2D eigenvalue weighted by atomic mass is 9.87. The van der Waals surface area contributed by atoms with Gasteiger partial charge >= 0.3 is 0 Å². The number of nitrogens with zero attached hydrogens (tertiary/aromatic N) is 1. The van der Waals surface area contributed by atoms with Crippen molar-refractivity contribution in [3.8, 4) is 22.8 Å². The van der Waals surface area contributed by atoms with Gasteiger partial charge in [0.15, 0.2) is 0 Å². The van der Waals surface area contributed by atoms with Crippen LogP contribution in [0.15, 0.2) is 24.3 Å². The Hall–Kier alpha value is -3.00. The number of carbonyl (C=O) groups excluding carboxylic acids is 1. The maximum Gasteiger partial charge on any atom is 0.134 e. The first-order valence-corrected chi connectivity index (χ1v) is 10.4. The fourth-order valence-electron chi connectivity index (χ4n) is 3.96. The van der Waals surface area contributed by atoms with Gasteiger partial charge in [-0.3, -0.25) is 0 Å². The molecule has 0 radical (unpaired) electrons. The number of pyridine rings is 1. The molecule has 2 aromatic rings. The summed E-state index contributed by atoms with van der Waals surface area (Å²) in [5.74, 6) is 1.62. The predicted octanol–water partition coefficient (Wildman–Crippen LogP) is 1.73. The molecule has 5 N–H and O–H groups in total. The Labute approximate surface area is 175 Å². The maximum absolute atomic E-state index is 10.9. The lowest BCUT2D eigenvalue weighted by molar-refractivity contribution is -0.251. The average molecular weight is 411 g/mol. The monoisotopic (exact) mass is 411 g/mol. The molecule has 160 valence electrons. The minimum atomic E-state index is -1.36. The van der Waals surface area contributed by atoms with E-state index in [0.717, 1.165) is 44.3 Å². The Kier molecular flexibility index (Phi) is 5.94. The highest BCUT2D eigenvalue weighted by atomic mass is 16.5. The first-order valence-electron chi connectivity index (χ1n) is 10.4. The molecule has 1 saturated carbocycles. The number of carboxylic acid groups (broad SMARTS) is 1. The molecule has 0 bridgehead atoms. The largest absolute Gasteiger partial charge is 0.530 e. The fraction of sp³-hybridized carbons (Fsp3) is 0.455. The van der Waals surface area contributed by atoms with Crippen molar-refractivity contribution in [3.63, 3.8) is 0 Å². The summed E-state index contributed by atoms with van der Waals surface area (Å²) < 4.78 is 5.98. The molecule has 1 aromatic heterocycles. The number of anilines is 1. The highest BCUT2D eigenvalue weighted by Gasteiger charge is 2.25. The van der Waals surface area contributed by atoms with Crippen molar-refractivity contribution in [2.24, 2.45) is 5.92 Å². The molecule has 1 unspecified atom stereocenters. The van der Waals surface area contributed by atoms with Crippen molar-refractivity contribution in [1.82, 2.24) is 15.6 Å². The van der Waals surface area contributed by atoms with E-state index in [0.29, 0.717) is 35.1 Å². The van der Waals surface area contributed by atoms with Gasteiger partial charge in [-0.2, -0.15) is 0 Å². The molecule has 2 heterocycles. The average Bonchev–Trinajstić information content (AvgIpc) is 3.56. The van der Waals surface area contributed by atoms with Crippen LogP contribution >= 0.6 is 0 Å². The number of amides is 1. The zero-order valence-electron chi connectivity index (χ0n) is 16.8. The van der Waals surface area contributed by atoms with Gasteiger partial charge in [0.25, 0.3) is 0 Å². The van der Waals surface area contributed by atoms with E-state index in [4.69, 9.17) is 10.5 Å². The van der Waals surface area contributed by atoms with Gasteiger partial charge in [0.05, 0.1) is 17.9 Å². The summed E-state index contributed by atoms with van der Waals surface area (Å²) in [7, 11) is 0. The van der Waals surface area contributed by atoms with E-state index < -0.39 is 6.09 Å². The van der Waals surface area contributed by atoms with Crippen LogP contribution < -0.4 is 26.2 Å². The summed E-state index contributed by atoms with van der Waals surface area (Å²) in [6.45, 7) is 2.36. The number of rotatable bonds is 7. The fourth-order valence-corrected chi connectivity index (χ4v) is 3.96. The molecule has 1 atom stereocenters. The van der Waals surface area contributed by atoms with E-state index in [1.807, 2.05) is 12.1 Å². The first-order chi connectivity index (χ1) is 14.5. The second-order valence-electron chi connectivity index (χ2n) is 8.05. The van der Waals surface area contributed by atoms with Crippen molar-refractivity contribution >= 4 is 11.9 Å². The number of benzene rings is 1. The normalized spacial score (nSPS) is 18.7. The lowest BCUT2D eigenvalue weighted by Crippen LogP contribution is -2.37. The van der Waals surface area contributed by atoms with Crippen molar-refractivity contribution in [2.45, 2.75) is 38.1 Å². The van der Waals surface area contributed by atoms with Crippen LogP contribution in [-0.4, -0.2) is 35.9 Å². The van der Waals surface area contributed by atoms with E-state index >= 15 is 0 Å². The number of phenols is 1. The van der Waals surface area contributed by atoms with Gasteiger partial charge in [0.1, 0.15) is 23.4 Å². The number of phenolic OH excluding ortho intramolecular Hbond substituents is 1. The van der Waals surface area contributed by atoms with Gasteiger partial charge in [-0.1, -0.05) is 6.07 Å². The minimum absolute atomic E-state index is 0.0269. The molecule has 2 aliphatic rings. The minimum Gasteiger partial charge on any atom is -0.530 e. The Balaban J connectivity index is 1.75. The van der Waals surface area contributed by atoms with E-state index in [9.17, 15) is 15.0 Å². The second kappa shape index (κ2) is 8.79. The third-order valence-electron chi connectivity index (χ3n) is 5.77. The van der Waals surface area contributed by atoms with Crippen LogP contribution in [0.3, 0.4) is 0 Å². The molecule has 30 heavy (non-hydrogen) atoms. The number of nitrogens with one attached hydrogen (secondary N) is 2. The van der Waals surface area contributed by atoms with Crippen LogP contribution in [0.25, 0.3) is 11.3 Å². The molecule has 2 fully saturated rings. The summed E-state index contributed by atoms with van der Waals surface area (Å²) in [5, 5.41) is 27.2. The molecule has 1 aromatic carbocycles. The quantitative estimate of drug-likeness (QED) is 0.545. The predicted molar refractivity (Wildman–Crippen MR) is 111 cm³/mol. The Bertz CT molecular complexity index is 924. The lowest BCUT2D eigenvalue weighted by Gasteiger charge is -2.27. The third kappa shape index (κ3) is 4.59. The SMILES string of the molecule is Nc1nc(-c2c(O)cccc2OCC2CC2)cc(C2CCCNC2)c1CNC(=O)[O-]. The number of carbonyl (C=O) groups is 1. The zero-order chi connectivity index (χ0) is 21.1. The van der Waals surface area contributed by atoms with Crippen molar-refractivity contribution < 1.29 is 19.7 Å². The van der Waals surface area contributed by atoms with Crippen LogP contribution in [0.4, 0.5) is 10.6 Å². The third-order valence-corrected chi connectivity index (χ3v) is 5.77. The number of nitrogens with two attached hydrogens (primary N) is 1. The topological polar surface area (TPSA) is 133 Å². The number of hydrogen-bond donors (Lipinski definition) is 4. The first kappa shape index (κ1) is 20.3. The maximum atomic E-state index is 10.9. The number of nitrogen functional groups attached to an aromatic ring is 1. The number of aromatic hydroxyl groups is 1. The van der Waals surface area contributed by atoms with Gasteiger partial charge in [0.2, 0.25) is 0 Å². The summed E-state index contributed by atoms with van der Waals surface area (Å²) >= 11 is 0. The molecule has 1 aliphatic carbocycles. The van der Waals surface area contributed by atoms with E-state index in [1.54, 1.807) is 12.1 Å². The number of aromatic nitrogens is 1. The van der Waals surface area contributed by atoms with Gasteiger partial charge in [-0.05, 0) is 67.8 Å². The molecule has 8 heteroatoms. The Morgan fingerprint density at radius 1 is 1.37 bits per heavy atom. The Morgan fingerprint density at radius 3 is 2.90 bits per heavy atom. The van der Waals surface area contributed by atoms with Crippen LogP contribution in [-0.2, 0) is 6.54 Å². The summed E-state index contributed by atoms with van der Waals surface area (Å²) in [5.41, 5.74) is 8.88. The molecule has 1 aliphatic heterocycles. The summed E-state index contributed by atoms with van der Waals surface area (Å²) in [4.78, 5) is 15.4. The summed E-state index contributed by atoms with van der Waals surface area (Å²) in [6, 6.07) is 7.07. The van der Waals surface area contributed by atoms with Gasteiger partial charge in [-0.25, -0.2) is 4.98 Å². The van der Waals surface area contributed by atoms with Crippen molar-refractivity contribution in [3.05, 3.63) is 35.4 Å². The van der Waals surface area contributed by atoms with Crippen molar-refractivity contribution in [1.29, 1.82) is 0 Å². The van der Waals surface area contributed by atoms with Gasteiger partial charge < -0.3 is 36.1 Å². The van der Waals surface area contributed by atoms with E-state index in [-0.39, 0.29) is 24.0 Å². The molecule has 4 rings (SSSR count). The van der Waals surface area contributed by atoms with E-state index in [2.05, 4.69) is 15.6 Å².